The first-order valence-corrected chi connectivity index (χ1v) is 2.81. The van der Waals surface area contributed by atoms with Crippen molar-refractivity contribution in [1.29, 1.82) is 0 Å². The maximum atomic E-state index is 10.6. The number of hydrogen-bond donors (Lipinski definition) is 1. The van der Waals surface area contributed by atoms with Crippen LogP contribution in [0.25, 0.3) is 0 Å². The van der Waals surface area contributed by atoms with Crippen LogP contribution in [0.1, 0.15) is 0 Å². The number of cyclic esters (lactones) is 1. The van der Waals surface area contributed by atoms with E-state index in [1.807, 2.05) is 0 Å². The second-order valence-corrected chi connectivity index (χ2v) is 2.10. The van der Waals surface area contributed by atoms with Crippen LogP contribution in [0, 0.1) is 0 Å². The fourth-order valence-electron chi connectivity index (χ4n) is 0.481. The van der Waals surface area contributed by atoms with Crippen LogP contribution < -0.4 is 0 Å². The molecule has 0 saturated carbocycles. The molecule has 0 bridgehead atoms. The number of rotatable bonds is 0. The predicted molar refractivity (Wildman–Crippen MR) is 32.0 cm³/mol. The van der Waals surface area contributed by atoms with Crippen LogP contribution in [0.5, 0.6) is 0 Å². The first-order valence-electron chi connectivity index (χ1n) is 2.29. The minimum atomic E-state index is -0.900. The monoisotopic (exact) mass is 147 g/mol. The Kier molecular flexibility index (Phi) is 1.36. The summed E-state index contributed by atoms with van der Waals surface area (Å²) in [5, 5.41) is 0. The average molecular weight is 147 g/mol. The van der Waals surface area contributed by atoms with Crippen LogP contribution in [0.3, 0.4) is 0 Å². The molecule has 1 fully saturated rings. The summed E-state index contributed by atoms with van der Waals surface area (Å²) in [6.07, 6.45) is -0.639. The van der Waals surface area contributed by atoms with Crippen molar-refractivity contribution in [2.24, 2.45) is 0 Å². The van der Waals surface area contributed by atoms with E-state index in [9.17, 15) is 9.59 Å². The number of nitrogens with zero attached hydrogens (tertiary/aromatic N) is 1. The molecule has 1 rings (SSSR count). The topological polar surface area (TPSA) is 46.6 Å². The lowest BCUT2D eigenvalue weighted by Crippen LogP contribution is -2.25. The van der Waals surface area contributed by atoms with E-state index in [-0.39, 0.29) is 0 Å². The van der Waals surface area contributed by atoms with Crippen molar-refractivity contribution in [3.05, 3.63) is 0 Å². The van der Waals surface area contributed by atoms with E-state index in [1.165, 1.54) is 7.05 Å². The molecule has 0 aliphatic carbocycles. The molecule has 1 unspecified atom stereocenters. The molecule has 1 aliphatic rings. The molecular weight excluding hydrogens is 142 g/mol. The summed E-state index contributed by atoms with van der Waals surface area (Å²) in [7, 11) is 1.35. The van der Waals surface area contributed by atoms with E-state index in [0.29, 0.717) is 0 Å². The van der Waals surface area contributed by atoms with E-state index in [2.05, 4.69) is 17.4 Å². The quantitative estimate of drug-likeness (QED) is 0.485. The summed E-state index contributed by atoms with van der Waals surface area (Å²) in [6, 6.07) is 0. The molecule has 50 valence electrons. The van der Waals surface area contributed by atoms with Gasteiger partial charge in [0.05, 0.1) is 0 Å². The van der Waals surface area contributed by atoms with Crippen LogP contribution in [-0.2, 0) is 9.53 Å². The third-order valence-electron chi connectivity index (χ3n) is 1.03. The Morgan fingerprint density at radius 3 is 2.33 bits per heavy atom. The average Bonchev–Trinajstić information content (AvgIpc) is 1.98. The highest BCUT2D eigenvalue weighted by molar-refractivity contribution is 7.81. The SMILES string of the molecule is CN1C(=O)OC(S)C1=O. The minimum Gasteiger partial charge on any atom is -0.425 e. The molecule has 1 heterocycles. The van der Waals surface area contributed by atoms with Crippen LogP contribution >= 0.6 is 12.6 Å². The van der Waals surface area contributed by atoms with Gasteiger partial charge in [-0.3, -0.25) is 4.79 Å². The van der Waals surface area contributed by atoms with Crippen LogP contribution in [0.4, 0.5) is 4.79 Å². The molecule has 0 aromatic rings. The van der Waals surface area contributed by atoms with Gasteiger partial charge in [0, 0.05) is 7.05 Å². The van der Waals surface area contributed by atoms with E-state index in [4.69, 9.17) is 0 Å². The number of amides is 2. The maximum absolute atomic E-state index is 10.6. The Morgan fingerprint density at radius 2 is 2.22 bits per heavy atom. The second-order valence-electron chi connectivity index (χ2n) is 1.63. The molecule has 9 heavy (non-hydrogen) atoms. The van der Waals surface area contributed by atoms with Gasteiger partial charge in [0.15, 0.2) is 0 Å². The van der Waals surface area contributed by atoms with E-state index >= 15 is 0 Å². The van der Waals surface area contributed by atoms with Crippen LogP contribution in [-0.4, -0.2) is 29.4 Å². The molecule has 0 spiro atoms. The lowest BCUT2D eigenvalue weighted by molar-refractivity contribution is -0.126. The zero-order chi connectivity index (χ0) is 7.02. The number of imide groups is 1. The number of carbonyl (C=O) groups is 2. The summed E-state index contributed by atoms with van der Waals surface area (Å²) in [6.45, 7) is 0. The van der Waals surface area contributed by atoms with Crippen molar-refractivity contribution in [1.82, 2.24) is 4.90 Å². The Bertz CT molecular complexity index is 169. The van der Waals surface area contributed by atoms with Crippen molar-refractivity contribution in [2.75, 3.05) is 7.05 Å². The molecule has 1 saturated heterocycles. The number of ether oxygens (including phenoxy) is 1. The van der Waals surface area contributed by atoms with Crippen LogP contribution in [0.15, 0.2) is 0 Å². The Hall–Kier alpha value is -0.710. The molecule has 0 N–H and O–H groups in total. The van der Waals surface area contributed by atoms with Crippen molar-refractivity contribution < 1.29 is 14.3 Å². The number of carbonyl (C=O) groups excluding carboxylic acids is 2. The van der Waals surface area contributed by atoms with Gasteiger partial charge in [-0.2, -0.15) is 0 Å². The molecule has 1 atom stereocenters. The predicted octanol–water partition coefficient (Wildman–Crippen LogP) is -0.149. The Balaban J connectivity index is 2.77. The van der Waals surface area contributed by atoms with Crippen molar-refractivity contribution in [3.63, 3.8) is 0 Å². The largest absolute Gasteiger partial charge is 0.425 e. The van der Waals surface area contributed by atoms with Crippen molar-refractivity contribution in [2.45, 2.75) is 5.44 Å². The van der Waals surface area contributed by atoms with Gasteiger partial charge in [-0.1, -0.05) is 0 Å². The summed E-state index contributed by atoms with van der Waals surface area (Å²) < 4.78 is 4.39. The zero-order valence-electron chi connectivity index (χ0n) is 4.70. The summed E-state index contributed by atoms with van der Waals surface area (Å²) in [4.78, 5) is 21.9. The van der Waals surface area contributed by atoms with Gasteiger partial charge < -0.3 is 4.74 Å². The smallest absolute Gasteiger partial charge is 0.418 e. The Labute approximate surface area is 57.2 Å². The van der Waals surface area contributed by atoms with Gasteiger partial charge in [-0.15, -0.1) is 12.6 Å². The molecule has 5 heteroatoms. The first kappa shape index (κ1) is 6.41. The van der Waals surface area contributed by atoms with Gasteiger partial charge >= 0.3 is 6.09 Å². The molecule has 0 radical (unpaired) electrons. The Morgan fingerprint density at radius 1 is 1.67 bits per heavy atom. The number of hydrogen-bond acceptors (Lipinski definition) is 4. The van der Waals surface area contributed by atoms with Crippen molar-refractivity contribution >= 4 is 24.6 Å². The first-order chi connectivity index (χ1) is 4.13. The standard InChI is InChI=1S/C4H5NO3S/c1-5-2(6)3(9)8-4(5)7/h3,9H,1H3. The van der Waals surface area contributed by atoms with Gasteiger partial charge in [0.25, 0.3) is 5.91 Å². The maximum Gasteiger partial charge on any atom is 0.418 e. The lowest BCUT2D eigenvalue weighted by atomic mass is 10.6. The highest BCUT2D eigenvalue weighted by atomic mass is 32.1. The molecule has 0 aromatic carbocycles. The molecular formula is C4H5NO3S. The highest BCUT2D eigenvalue weighted by Crippen LogP contribution is 2.12. The fraction of sp³-hybridized carbons (Fsp3) is 0.500. The summed E-state index contributed by atoms with van der Waals surface area (Å²) >= 11 is 3.67. The van der Waals surface area contributed by atoms with Gasteiger partial charge in [0.1, 0.15) is 0 Å². The van der Waals surface area contributed by atoms with Gasteiger partial charge in [-0.25, -0.2) is 9.69 Å². The van der Waals surface area contributed by atoms with E-state index in [0.717, 1.165) is 4.90 Å². The lowest BCUT2D eigenvalue weighted by Gasteiger charge is -1.97. The molecule has 2 amide bonds. The molecule has 0 aromatic heterocycles. The number of thiol groups is 1. The zero-order valence-corrected chi connectivity index (χ0v) is 5.59. The second kappa shape index (κ2) is 1.91. The minimum absolute atomic E-state index is 0.414. The van der Waals surface area contributed by atoms with E-state index in [1.54, 1.807) is 0 Å². The van der Waals surface area contributed by atoms with E-state index < -0.39 is 17.4 Å². The normalized spacial score (nSPS) is 26.9. The van der Waals surface area contributed by atoms with Gasteiger partial charge in [0.2, 0.25) is 5.44 Å². The fourth-order valence-corrected chi connectivity index (χ4v) is 0.744. The third kappa shape index (κ3) is 0.873. The molecule has 4 nitrogen and oxygen atoms in total. The highest BCUT2D eigenvalue weighted by Gasteiger charge is 2.35. The van der Waals surface area contributed by atoms with Gasteiger partial charge in [-0.05, 0) is 0 Å². The van der Waals surface area contributed by atoms with Crippen molar-refractivity contribution in [3.8, 4) is 0 Å². The number of likely N-dealkylation sites (N-methyl/N-ethyl adjacent to an activating group) is 1. The third-order valence-corrected chi connectivity index (χ3v) is 1.35. The summed E-state index contributed by atoms with van der Waals surface area (Å²) in [5.74, 6) is -0.414. The molecule has 1 aliphatic heterocycles. The summed E-state index contributed by atoms with van der Waals surface area (Å²) in [5.41, 5.74) is -0.900. The van der Waals surface area contributed by atoms with Crippen LogP contribution in [0.2, 0.25) is 0 Å².